The molecule has 0 spiro atoms. The standard InChI is InChI=1S/C23H15BrO4/c1-14-10-11-18-19(12-14)27-21(15-6-3-2-4-7-15)22(20(18)25)28-23(26)16-8-5-9-17(24)13-16/h2-13H,1H3. The van der Waals surface area contributed by atoms with Crippen molar-refractivity contribution in [2.75, 3.05) is 0 Å². The third-order valence-corrected chi connectivity index (χ3v) is 4.79. The van der Waals surface area contributed by atoms with Crippen LogP contribution in [-0.2, 0) is 0 Å². The van der Waals surface area contributed by atoms with Crippen molar-refractivity contribution in [1.82, 2.24) is 0 Å². The fraction of sp³-hybridized carbons (Fsp3) is 0.0435. The summed E-state index contributed by atoms with van der Waals surface area (Å²) in [6.45, 7) is 1.92. The number of esters is 1. The molecule has 0 aliphatic heterocycles. The average molecular weight is 435 g/mol. The van der Waals surface area contributed by atoms with Crippen molar-refractivity contribution in [2.45, 2.75) is 6.92 Å². The maximum atomic E-state index is 13.1. The number of fused-ring (bicyclic) bond motifs is 1. The minimum absolute atomic E-state index is 0.118. The summed E-state index contributed by atoms with van der Waals surface area (Å²) in [5.41, 5.74) is 2.01. The molecule has 0 fully saturated rings. The monoisotopic (exact) mass is 434 g/mol. The van der Waals surface area contributed by atoms with Gasteiger partial charge >= 0.3 is 5.97 Å². The molecule has 28 heavy (non-hydrogen) atoms. The van der Waals surface area contributed by atoms with Crippen molar-refractivity contribution >= 4 is 32.9 Å². The van der Waals surface area contributed by atoms with Crippen molar-refractivity contribution < 1.29 is 13.9 Å². The SMILES string of the molecule is Cc1ccc2c(=O)c(OC(=O)c3cccc(Br)c3)c(-c3ccccc3)oc2c1. The average Bonchev–Trinajstić information content (AvgIpc) is 2.70. The van der Waals surface area contributed by atoms with Crippen molar-refractivity contribution in [3.8, 4) is 17.1 Å². The number of hydrogen-bond donors (Lipinski definition) is 0. The predicted molar refractivity (Wildman–Crippen MR) is 112 cm³/mol. The van der Waals surface area contributed by atoms with Gasteiger partial charge in [0.1, 0.15) is 5.58 Å². The van der Waals surface area contributed by atoms with Crippen LogP contribution in [0, 0.1) is 6.92 Å². The van der Waals surface area contributed by atoms with Gasteiger partial charge in [0.25, 0.3) is 0 Å². The molecule has 4 aromatic rings. The van der Waals surface area contributed by atoms with Crippen LogP contribution in [0.5, 0.6) is 5.75 Å². The number of ether oxygens (including phenoxy) is 1. The first kappa shape index (κ1) is 18.2. The Balaban J connectivity index is 1.90. The first-order valence-electron chi connectivity index (χ1n) is 8.63. The zero-order valence-electron chi connectivity index (χ0n) is 14.9. The Morgan fingerprint density at radius 2 is 1.75 bits per heavy atom. The lowest BCUT2D eigenvalue weighted by Crippen LogP contribution is -2.16. The Labute approximate surface area is 169 Å². The second kappa shape index (κ2) is 7.44. The van der Waals surface area contributed by atoms with Crippen LogP contribution in [0.1, 0.15) is 15.9 Å². The minimum atomic E-state index is -0.628. The zero-order valence-corrected chi connectivity index (χ0v) is 16.5. The van der Waals surface area contributed by atoms with E-state index in [9.17, 15) is 9.59 Å². The first-order valence-corrected chi connectivity index (χ1v) is 9.43. The summed E-state index contributed by atoms with van der Waals surface area (Å²) < 4.78 is 12.3. The second-order valence-corrected chi connectivity index (χ2v) is 7.27. The molecule has 3 aromatic carbocycles. The third-order valence-electron chi connectivity index (χ3n) is 4.30. The molecular weight excluding hydrogens is 420 g/mol. The zero-order chi connectivity index (χ0) is 19.7. The fourth-order valence-electron chi connectivity index (χ4n) is 2.92. The van der Waals surface area contributed by atoms with E-state index in [0.717, 1.165) is 10.0 Å². The van der Waals surface area contributed by atoms with Gasteiger partial charge in [-0.3, -0.25) is 4.79 Å². The highest BCUT2D eigenvalue weighted by Crippen LogP contribution is 2.31. The van der Waals surface area contributed by atoms with Gasteiger partial charge in [-0.05, 0) is 42.8 Å². The fourth-order valence-corrected chi connectivity index (χ4v) is 3.32. The van der Waals surface area contributed by atoms with Gasteiger partial charge in [0.05, 0.1) is 10.9 Å². The predicted octanol–water partition coefficient (Wildman–Crippen LogP) is 5.75. The molecule has 0 aliphatic carbocycles. The van der Waals surface area contributed by atoms with Gasteiger partial charge in [-0.15, -0.1) is 0 Å². The molecule has 0 unspecified atom stereocenters. The number of aryl methyl sites for hydroxylation is 1. The molecule has 1 aromatic heterocycles. The normalized spacial score (nSPS) is 10.8. The summed E-state index contributed by atoms with van der Waals surface area (Å²) >= 11 is 3.33. The van der Waals surface area contributed by atoms with Crippen LogP contribution in [0.15, 0.2) is 86.5 Å². The molecule has 0 N–H and O–H groups in total. The number of carbonyl (C=O) groups excluding carboxylic acids is 1. The summed E-state index contributed by atoms with van der Waals surface area (Å²) in [5.74, 6) is -0.517. The van der Waals surface area contributed by atoms with Crippen molar-refractivity contribution in [3.63, 3.8) is 0 Å². The molecule has 0 saturated heterocycles. The van der Waals surface area contributed by atoms with Gasteiger partial charge in [0, 0.05) is 10.0 Å². The van der Waals surface area contributed by atoms with E-state index in [1.54, 1.807) is 48.5 Å². The van der Waals surface area contributed by atoms with Gasteiger partial charge < -0.3 is 9.15 Å². The van der Waals surface area contributed by atoms with E-state index in [-0.39, 0.29) is 16.9 Å². The van der Waals surface area contributed by atoms with Crippen molar-refractivity contribution in [3.05, 3.63) is 98.6 Å². The smallest absolute Gasteiger partial charge is 0.343 e. The van der Waals surface area contributed by atoms with E-state index in [4.69, 9.17) is 9.15 Å². The lowest BCUT2D eigenvalue weighted by atomic mass is 10.1. The Kier molecular flexibility index (Phi) is 4.84. The van der Waals surface area contributed by atoms with E-state index in [2.05, 4.69) is 15.9 Å². The number of hydrogen-bond acceptors (Lipinski definition) is 4. The Bertz CT molecular complexity index is 1240. The second-order valence-electron chi connectivity index (χ2n) is 6.35. The molecule has 0 saturated carbocycles. The maximum Gasteiger partial charge on any atom is 0.343 e. The summed E-state index contributed by atoms with van der Waals surface area (Å²) in [5, 5.41) is 0.363. The van der Waals surface area contributed by atoms with Crippen LogP contribution in [0.4, 0.5) is 0 Å². The minimum Gasteiger partial charge on any atom is -0.452 e. The van der Waals surface area contributed by atoms with E-state index in [1.807, 2.05) is 31.2 Å². The van der Waals surface area contributed by atoms with Crippen molar-refractivity contribution in [2.24, 2.45) is 0 Å². The maximum absolute atomic E-state index is 13.1. The van der Waals surface area contributed by atoms with Gasteiger partial charge in [-0.2, -0.15) is 0 Å². The van der Waals surface area contributed by atoms with Crippen LogP contribution in [0.3, 0.4) is 0 Å². The molecule has 0 radical (unpaired) electrons. The van der Waals surface area contributed by atoms with Gasteiger partial charge in [-0.1, -0.05) is 58.4 Å². The topological polar surface area (TPSA) is 56.5 Å². The van der Waals surface area contributed by atoms with Crippen molar-refractivity contribution in [1.29, 1.82) is 0 Å². The molecule has 0 amide bonds. The molecule has 138 valence electrons. The number of rotatable bonds is 3. The Hall–Kier alpha value is -3.18. The Morgan fingerprint density at radius 3 is 2.50 bits per heavy atom. The molecule has 1 heterocycles. The van der Waals surface area contributed by atoms with Gasteiger partial charge in [0.2, 0.25) is 11.2 Å². The van der Waals surface area contributed by atoms with E-state index < -0.39 is 5.97 Å². The molecule has 4 nitrogen and oxygen atoms in total. The lowest BCUT2D eigenvalue weighted by Gasteiger charge is -2.11. The largest absolute Gasteiger partial charge is 0.452 e. The molecule has 5 heteroatoms. The van der Waals surface area contributed by atoms with Crippen LogP contribution >= 0.6 is 15.9 Å². The molecule has 0 bridgehead atoms. The quantitative estimate of drug-likeness (QED) is 0.385. The summed E-state index contributed by atoms with van der Waals surface area (Å²) in [6, 6.07) is 21.2. The summed E-state index contributed by atoms with van der Waals surface area (Å²) in [6.07, 6.45) is 0. The summed E-state index contributed by atoms with van der Waals surface area (Å²) in [4.78, 5) is 25.8. The van der Waals surface area contributed by atoms with Gasteiger partial charge in [-0.25, -0.2) is 4.79 Å². The number of benzene rings is 3. The number of carbonyl (C=O) groups is 1. The molecular formula is C23H15BrO4. The van der Waals surface area contributed by atoms with Crippen LogP contribution in [0.2, 0.25) is 0 Å². The highest BCUT2D eigenvalue weighted by atomic mass is 79.9. The molecule has 0 aliphatic rings. The highest BCUT2D eigenvalue weighted by Gasteiger charge is 2.21. The molecule has 4 rings (SSSR count). The molecule has 0 atom stereocenters. The highest BCUT2D eigenvalue weighted by molar-refractivity contribution is 9.10. The van der Waals surface area contributed by atoms with E-state index >= 15 is 0 Å². The lowest BCUT2D eigenvalue weighted by molar-refractivity contribution is 0.0731. The van der Waals surface area contributed by atoms with Gasteiger partial charge in [0.15, 0.2) is 5.76 Å². The van der Waals surface area contributed by atoms with E-state index in [1.165, 1.54) is 0 Å². The van der Waals surface area contributed by atoms with Crippen LogP contribution in [0.25, 0.3) is 22.3 Å². The summed E-state index contributed by atoms with van der Waals surface area (Å²) in [7, 11) is 0. The van der Waals surface area contributed by atoms with E-state index in [0.29, 0.717) is 22.1 Å². The Morgan fingerprint density at radius 1 is 0.964 bits per heavy atom. The number of halogens is 1. The first-order chi connectivity index (χ1) is 13.5. The third kappa shape index (κ3) is 3.49. The van der Waals surface area contributed by atoms with Crippen LogP contribution < -0.4 is 10.2 Å². The van der Waals surface area contributed by atoms with Crippen LogP contribution in [-0.4, -0.2) is 5.97 Å².